The quantitative estimate of drug-likeness (QED) is 0.811. The summed E-state index contributed by atoms with van der Waals surface area (Å²) in [6, 6.07) is 3.44. The van der Waals surface area contributed by atoms with Gasteiger partial charge in [-0.3, -0.25) is 9.78 Å². The summed E-state index contributed by atoms with van der Waals surface area (Å²) >= 11 is 5.84. The average Bonchev–Trinajstić information content (AvgIpc) is 2.24. The minimum Gasteiger partial charge on any atom is -0.335 e. The Labute approximate surface area is 101 Å². The highest BCUT2D eigenvalue weighted by Crippen LogP contribution is 2.12. The van der Waals surface area contributed by atoms with Gasteiger partial charge >= 0.3 is 0 Å². The van der Waals surface area contributed by atoms with E-state index in [4.69, 9.17) is 11.6 Å². The number of rotatable bonds is 4. The predicted molar refractivity (Wildman–Crippen MR) is 65.7 cm³/mol. The zero-order valence-corrected chi connectivity index (χ0v) is 10.7. The molecule has 0 spiro atoms. The maximum Gasteiger partial charge on any atom is 0.272 e. The summed E-state index contributed by atoms with van der Waals surface area (Å²) in [4.78, 5) is 18.0. The second-order valence-electron chi connectivity index (χ2n) is 3.95. The van der Waals surface area contributed by atoms with Gasteiger partial charge < -0.3 is 4.90 Å². The Kier molecular flexibility index (Phi) is 4.74. The summed E-state index contributed by atoms with van der Waals surface area (Å²) in [6.07, 6.45) is 2.49. The van der Waals surface area contributed by atoms with Crippen LogP contribution in [-0.4, -0.2) is 28.4 Å². The molecule has 1 amide bonds. The van der Waals surface area contributed by atoms with E-state index in [2.05, 4.69) is 4.98 Å². The van der Waals surface area contributed by atoms with Crippen LogP contribution in [0.25, 0.3) is 0 Å². The molecule has 1 aromatic rings. The van der Waals surface area contributed by atoms with Crippen molar-refractivity contribution in [2.75, 3.05) is 6.54 Å². The fourth-order valence-electron chi connectivity index (χ4n) is 1.50. The van der Waals surface area contributed by atoms with Gasteiger partial charge in [0.2, 0.25) is 0 Å². The number of carbonyl (C=O) groups excluding carboxylic acids is 1. The normalized spacial score (nSPS) is 10.6. The first-order valence-electron chi connectivity index (χ1n) is 5.48. The van der Waals surface area contributed by atoms with Gasteiger partial charge in [-0.2, -0.15) is 0 Å². The number of hydrogen-bond donors (Lipinski definition) is 0. The Balaban J connectivity index is 2.90. The van der Waals surface area contributed by atoms with Crippen molar-refractivity contribution in [3.05, 3.63) is 29.0 Å². The third-order valence-corrected chi connectivity index (χ3v) is 2.52. The Morgan fingerprint density at radius 1 is 1.56 bits per heavy atom. The van der Waals surface area contributed by atoms with Gasteiger partial charge in [0.25, 0.3) is 5.91 Å². The molecule has 0 aliphatic rings. The summed E-state index contributed by atoms with van der Waals surface area (Å²) in [5, 5.41) is 0.540. The summed E-state index contributed by atoms with van der Waals surface area (Å²) in [7, 11) is 0. The molecule has 0 radical (unpaired) electrons. The molecule has 0 bridgehead atoms. The van der Waals surface area contributed by atoms with E-state index >= 15 is 0 Å². The van der Waals surface area contributed by atoms with Crippen LogP contribution >= 0.6 is 11.6 Å². The standard InChI is InChI=1S/C12H17ClN2O/c1-4-7-15(9(2)3)12(16)11-8-10(13)5-6-14-11/h5-6,8-9H,4,7H2,1-3H3. The van der Waals surface area contributed by atoms with Crippen molar-refractivity contribution in [3.63, 3.8) is 0 Å². The SMILES string of the molecule is CCCN(C(=O)c1cc(Cl)ccn1)C(C)C. The zero-order chi connectivity index (χ0) is 12.1. The first-order valence-corrected chi connectivity index (χ1v) is 5.86. The van der Waals surface area contributed by atoms with E-state index in [0.717, 1.165) is 13.0 Å². The second kappa shape index (κ2) is 5.85. The third-order valence-electron chi connectivity index (χ3n) is 2.29. The molecule has 0 aliphatic heterocycles. The Morgan fingerprint density at radius 2 is 2.25 bits per heavy atom. The molecule has 0 unspecified atom stereocenters. The van der Waals surface area contributed by atoms with Gasteiger partial charge in [0, 0.05) is 23.8 Å². The van der Waals surface area contributed by atoms with Crippen LogP contribution in [0.3, 0.4) is 0 Å². The number of amides is 1. The second-order valence-corrected chi connectivity index (χ2v) is 4.39. The summed E-state index contributed by atoms with van der Waals surface area (Å²) in [5.74, 6) is -0.0562. The van der Waals surface area contributed by atoms with E-state index in [0.29, 0.717) is 10.7 Å². The lowest BCUT2D eigenvalue weighted by Crippen LogP contribution is -2.37. The molecule has 1 rings (SSSR count). The smallest absolute Gasteiger partial charge is 0.272 e. The number of carbonyl (C=O) groups is 1. The predicted octanol–water partition coefficient (Wildman–Crippen LogP) is 3.00. The van der Waals surface area contributed by atoms with E-state index in [1.165, 1.54) is 0 Å². The number of hydrogen-bond acceptors (Lipinski definition) is 2. The van der Waals surface area contributed by atoms with Crippen molar-refractivity contribution in [2.24, 2.45) is 0 Å². The third kappa shape index (κ3) is 3.20. The monoisotopic (exact) mass is 240 g/mol. The Morgan fingerprint density at radius 3 is 2.75 bits per heavy atom. The molecule has 0 N–H and O–H groups in total. The van der Waals surface area contributed by atoms with Crippen molar-refractivity contribution in [1.29, 1.82) is 0 Å². The molecule has 0 saturated heterocycles. The van der Waals surface area contributed by atoms with Crippen molar-refractivity contribution in [3.8, 4) is 0 Å². The van der Waals surface area contributed by atoms with Crippen LogP contribution in [0.2, 0.25) is 5.02 Å². The minimum atomic E-state index is -0.0562. The Bertz CT molecular complexity index is 366. The van der Waals surface area contributed by atoms with Crippen LogP contribution in [0.15, 0.2) is 18.3 Å². The molecule has 1 aromatic heterocycles. The fraction of sp³-hybridized carbons (Fsp3) is 0.500. The molecule has 4 heteroatoms. The molecule has 1 heterocycles. The van der Waals surface area contributed by atoms with Crippen LogP contribution in [0.1, 0.15) is 37.7 Å². The molecule has 0 fully saturated rings. The molecule has 3 nitrogen and oxygen atoms in total. The van der Waals surface area contributed by atoms with Gasteiger partial charge in [-0.25, -0.2) is 0 Å². The van der Waals surface area contributed by atoms with Crippen LogP contribution in [0.5, 0.6) is 0 Å². The number of halogens is 1. The zero-order valence-electron chi connectivity index (χ0n) is 9.90. The lowest BCUT2D eigenvalue weighted by atomic mass is 10.2. The van der Waals surface area contributed by atoms with E-state index in [1.807, 2.05) is 20.8 Å². The summed E-state index contributed by atoms with van der Waals surface area (Å²) in [5.41, 5.74) is 0.412. The molecule has 16 heavy (non-hydrogen) atoms. The van der Waals surface area contributed by atoms with Gasteiger partial charge in [0.05, 0.1) is 0 Å². The topological polar surface area (TPSA) is 33.2 Å². The van der Waals surface area contributed by atoms with E-state index in [9.17, 15) is 4.79 Å². The number of nitrogens with zero attached hydrogens (tertiary/aromatic N) is 2. The van der Waals surface area contributed by atoms with Gasteiger partial charge in [-0.05, 0) is 32.4 Å². The molecule has 0 saturated carbocycles. The Hall–Kier alpha value is -1.09. The number of pyridine rings is 1. The lowest BCUT2D eigenvalue weighted by Gasteiger charge is -2.25. The molecular weight excluding hydrogens is 224 g/mol. The highest BCUT2D eigenvalue weighted by Gasteiger charge is 2.18. The van der Waals surface area contributed by atoms with Crippen LogP contribution < -0.4 is 0 Å². The van der Waals surface area contributed by atoms with E-state index in [-0.39, 0.29) is 11.9 Å². The molecule has 0 aliphatic carbocycles. The van der Waals surface area contributed by atoms with Gasteiger partial charge in [-0.15, -0.1) is 0 Å². The maximum atomic E-state index is 12.1. The highest BCUT2D eigenvalue weighted by molar-refractivity contribution is 6.30. The molecular formula is C12H17ClN2O. The van der Waals surface area contributed by atoms with Gasteiger partial charge in [0.1, 0.15) is 5.69 Å². The molecule has 88 valence electrons. The lowest BCUT2D eigenvalue weighted by molar-refractivity contribution is 0.0700. The molecule has 0 aromatic carbocycles. The fourth-order valence-corrected chi connectivity index (χ4v) is 1.66. The van der Waals surface area contributed by atoms with E-state index < -0.39 is 0 Å². The summed E-state index contributed by atoms with van der Waals surface area (Å²) in [6.45, 7) is 6.79. The summed E-state index contributed by atoms with van der Waals surface area (Å²) < 4.78 is 0. The van der Waals surface area contributed by atoms with Crippen molar-refractivity contribution in [1.82, 2.24) is 9.88 Å². The van der Waals surface area contributed by atoms with Crippen LogP contribution in [-0.2, 0) is 0 Å². The molecule has 0 atom stereocenters. The first-order chi connectivity index (χ1) is 7.56. The van der Waals surface area contributed by atoms with Crippen molar-refractivity contribution >= 4 is 17.5 Å². The van der Waals surface area contributed by atoms with Crippen molar-refractivity contribution < 1.29 is 4.79 Å². The largest absolute Gasteiger partial charge is 0.335 e. The minimum absolute atomic E-state index is 0.0562. The van der Waals surface area contributed by atoms with Crippen LogP contribution in [0, 0.1) is 0 Å². The first kappa shape index (κ1) is 13.0. The van der Waals surface area contributed by atoms with Crippen molar-refractivity contribution in [2.45, 2.75) is 33.2 Å². The highest BCUT2D eigenvalue weighted by atomic mass is 35.5. The van der Waals surface area contributed by atoms with Gasteiger partial charge in [-0.1, -0.05) is 18.5 Å². The van der Waals surface area contributed by atoms with E-state index in [1.54, 1.807) is 23.2 Å². The number of aromatic nitrogens is 1. The average molecular weight is 241 g/mol. The van der Waals surface area contributed by atoms with Crippen LogP contribution in [0.4, 0.5) is 0 Å². The maximum absolute atomic E-state index is 12.1. The van der Waals surface area contributed by atoms with Gasteiger partial charge in [0.15, 0.2) is 0 Å².